The Hall–Kier alpha value is -2.84. The van der Waals surface area contributed by atoms with Crippen molar-refractivity contribution in [2.24, 2.45) is 0 Å². The molecule has 0 atom stereocenters. The largest absolute Gasteiger partial charge is 0.310 e. The van der Waals surface area contributed by atoms with Gasteiger partial charge in [-0.25, -0.2) is 9.97 Å². The number of carbonyl (C=O) groups excluding carboxylic acids is 1. The molecule has 0 saturated carbocycles. The SMILES string of the molecule is CCc1cccc(Cc2cnc(NC(=O)CCc3nc4sc5c(c4c(=O)[nH]3)CCCC5)s2)c1. The second-order valence-corrected chi connectivity index (χ2v) is 10.6. The number of benzene rings is 1. The first-order valence-corrected chi connectivity index (χ1v) is 13.1. The van der Waals surface area contributed by atoms with E-state index in [1.165, 1.54) is 39.3 Å². The molecule has 0 bridgehead atoms. The number of anilines is 1. The van der Waals surface area contributed by atoms with Crippen molar-refractivity contribution in [1.29, 1.82) is 0 Å². The maximum absolute atomic E-state index is 12.7. The number of nitrogens with zero attached hydrogens (tertiary/aromatic N) is 2. The Morgan fingerprint density at radius 3 is 2.91 bits per heavy atom. The first kappa shape index (κ1) is 22.0. The van der Waals surface area contributed by atoms with Gasteiger partial charge in [0.1, 0.15) is 10.7 Å². The zero-order chi connectivity index (χ0) is 22.8. The number of hydrogen-bond acceptors (Lipinski definition) is 6. The molecular formula is C25H26N4O2S2. The summed E-state index contributed by atoms with van der Waals surface area (Å²) in [5.41, 5.74) is 3.67. The summed E-state index contributed by atoms with van der Waals surface area (Å²) in [6.07, 6.45) is 8.57. The lowest BCUT2D eigenvalue weighted by molar-refractivity contribution is -0.116. The van der Waals surface area contributed by atoms with Gasteiger partial charge >= 0.3 is 0 Å². The Kier molecular flexibility index (Phi) is 6.37. The van der Waals surface area contributed by atoms with Gasteiger partial charge in [-0.2, -0.15) is 0 Å². The lowest BCUT2D eigenvalue weighted by Crippen LogP contribution is -2.16. The van der Waals surface area contributed by atoms with Crippen molar-refractivity contribution in [2.45, 2.75) is 58.3 Å². The fourth-order valence-corrected chi connectivity index (χ4v) is 6.49. The van der Waals surface area contributed by atoms with E-state index < -0.39 is 0 Å². The van der Waals surface area contributed by atoms with Crippen LogP contribution in [-0.2, 0) is 36.9 Å². The van der Waals surface area contributed by atoms with E-state index in [1.54, 1.807) is 11.3 Å². The number of carbonyl (C=O) groups is 1. The van der Waals surface area contributed by atoms with Crippen LogP contribution in [0, 0.1) is 0 Å². The molecule has 1 aliphatic carbocycles. The fourth-order valence-electron chi connectivity index (χ4n) is 4.35. The highest BCUT2D eigenvalue weighted by atomic mass is 32.1. The highest BCUT2D eigenvalue weighted by Gasteiger charge is 2.20. The molecule has 0 spiro atoms. The summed E-state index contributed by atoms with van der Waals surface area (Å²) in [5.74, 6) is 0.439. The standard InChI is InChI=1S/C25H26N4O2S2/c1-2-15-6-5-7-16(12-15)13-17-14-26-25(32-17)29-21(30)11-10-20-27-23(31)22-18-8-3-4-9-19(18)33-24(22)28-20/h5-7,12,14H,2-4,8-11,13H2,1H3,(H,26,29,30)(H,27,28,31). The molecule has 2 N–H and O–H groups in total. The van der Waals surface area contributed by atoms with E-state index in [1.807, 2.05) is 6.20 Å². The molecule has 33 heavy (non-hydrogen) atoms. The summed E-state index contributed by atoms with van der Waals surface area (Å²) >= 11 is 3.13. The highest BCUT2D eigenvalue weighted by Crippen LogP contribution is 2.33. The first-order valence-electron chi connectivity index (χ1n) is 11.4. The number of hydrogen-bond donors (Lipinski definition) is 2. The van der Waals surface area contributed by atoms with E-state index in [0.717, 1.165) is 47.2 Å². The van der Waals surface area contributed by atoms with Gasteiger partial charge in [-0.3, -0.25) is 9.59 Å². The number of fused-ring (bicyclic) bond motifs is 3. The van der Waals surface area contributed by atoms with Gasteiger partial charge in [0.15, 0.2) is 5.13 Å². The summed E-state index contributed by atoms with van der Waals surface area (Å²) in [4.78, 5) is 40.3. The van der Waals surface area contributed by atoms with Crippen LogP contribution in [0.3, 0.4) is 0 Å². The molecule has 3 aromatic heterocycles. The van der Waals surface area contributed by atoms with E-state index in [0.29, 0.717) is 17.4 Å². The van der Waals surface area contributed by atoms with Crippen molar-refractivity contribution in [3.05, 3.63) is 73.1 Å². The van der Waals surface area contributed by atoms with E-state index in [9.17, 15) is 9.59 Å². The third-order valence-electron chi connectivity index (χ3n) is 6.04. The summed E-state index contributed by atoms with van der Waals surface area (Å²) in [6, 6.07) is 8.55. The van der Waals surface area contributed by atoms with E-state index in [4.69, 9.17) is 0 Å². The van der Waals surface area contributed by atoms with Gasteiger partial charge in [0.05, 0.1) is 5.39 Å². The Labute approximate surface area is 200 Å². The molecule has 0 unspecified atom stereocenters. The normalized spacial score (nSPS) is 13.2. The second-order valence-electron chi connectivity index (χ2n) is 8.43. The molecule has 5 rings (SSSR count). The molecule has 0 saturated heterocycles. The van der Waals surface area contributed by atoms with Crippen molar-refractivity contribution in [1.82, 2.24) is 15.0 Å². The lowest BCUT2D eigenvalue weighted by atomic mass is 9.97. The van der Waals surface area contributed by atoms with Crippen molar-refractivity contribution in [3.8, 4) is 0 Å². The minimum Gasteiger partial charge on any atom is -0.310 e. The summed E-state index contributed by atoms with van der Waals surface area (Å²) < 4.78 is 0. The molecular weight excluding hydrogens is 452 g/mol. The molecule has 8 heteroatoms. The molecule has 170 valence electrons. The molecule has 6 nitrogen and oxygen atoms in total. The van der Waals surface area contributed by atoms with Crippen LogP contribution < -0.4 is 10.9 Å². The molecule has 0 fully saturated rings. The van der Waals surface area contributed by atoms with Crippen molar-refractivity contribution >= 4 is 43.9 Å². The zero-order valence-electron chi connectivity index (χ0n) is 18.6. The molecule has 4 aromatic rings. The number of nitrogens with one attached hydrogen (secondary N) is 2. The lowest BCUT2D eigenvalue weighted by Gasteiger charge is -2.09. The number of aromatic nitrogens is 3. The Bertz CT molecular complexity index is 1370. The highest BCUT2D eigenvalue weighted by molar-refractivity contribution is 7.18. The molecule has 0 radical (unpaired) electrons. The van der Waals surface area contributed by atoms with Crippen LogP contribution in [0.25, 0.3) is 10.2 Å². The molecule has 1 amide bonds. The first-order chi connectivity index (χ1) is 16.1. The van der Waals surface area contributed by atoms with Crippen molar-refractivity contribution in [3.63, 3.8) is 0 Å². The third kappa shape index (κ3) is 4.91. The van der Waals surface area contributed by atoms with Gasteiger partial charge < -0.3 is 10.3 Å². The monoisotopic (exact) mass is 478 g/mol. The number of rotatable bonds is 7. The van der Waals surface area contributed by atoms with E-state index in [-0.39, 0.29) is 17.9 Å². The predicted molar refractivity (Wildman–Crippen MR) is 135 cm³/mol. The van der Waals surface area contributed by atoms with Crippen molar-refractivity contribution < 1.29 is 4.79 Å². The number of thiophene rings is 1. The van der Waals surface area contributed by atoms with Gasteiger partial charge in [0, 0.05) is 35.2 Å². The van der Waals surface area contributed by atoms with Gasteiger partial charge in [-0.05, 0) is 48.8 Å². The molecule has 3 heterocycles. The predicted octanol–water partition coefficient (Wildman–Crippen LogP) is 5.04. The van der Waals surface area contributed by atoms with Crippen LogP contribution in [0.4, 0.5) is 5.13 Å². The van der Waals surface area contributed by atoms with Crippen LogP contribution in [0.1, 0.15) is 58.5 Å². The van der Waals surface area contributed by atoms with Crippen LogP contribution in [-0.4, -0.2) is 20.9 Å². The Morgan fingerprint density at radius 1 is 1.18 bits per heavy atom. The fraction of sp³-hybridized carbons (Fsp3) is 0.360. The van der Waals surface area contributed by atoms with Crippen LogP contribution in [0.5, 0.6) is 0 Å². The van der Waals surface area contributed by atoms with Gasteiger partial charge in [-0.1, -0.05) is 31.2 Å². The van der Waals surface area contributed by atoms with Crippen LogP contribution in [0.2, 0.25) is 0 Å². The number of H-pyrrole nitrogens is 1. The van der Waals surface area contributed by atoms with Gasteiger partial charge in [0.2, 0.25) is 5.91 Å². The Morgan fingerprint density at radius 2 is 2.03 bits per heavy atom. The maximum atomic E-state index is 12.7. The van der Waals surface area contributed by atoms with Gasteiger partial charge in [-0.15, -0.1) is 22.7 Å². The quantitative estimate of drug-likeness (QED) is 0.389. The number of aromatic amines is 1. The van der Waals surface area contributed by atoms with Gasteiger partial charge in [0.25, 0.3) is 5.56 Å². The average Bonchev–Trinajstić information content (AvgIpc) is 3.41. The van der Waals surface area contributed by atoms with Crippen LogP contribution in [0.15, 0.2) is 35.3 Å². The van der Waals surface area contributed by atoms with E-state index in [2.05, 4.69) is 51.5 Å². The number of thiazole rings is 1. The van der Waals surface area contributed by atoms with Crippen molar-refractivity contribution in [2.75, 3.05) is 5.32 Å². The number of amides is 1. The smallest absolute Gasteiger partial charge is 0.259 e. The molecule has 0 aliphatic heterocycles. The molecule has 1 aliphatic rings. The zero-order valence-corrected chi connectivity index (χ0v) is 20.2. The molecule has 1 aromatic carbocycles. The minimum absolute atomic E-state index is 0.0773. The van der Waals surface area contributed by atoms with E-state index >= 15 is 0 Å². The topological polar surface area (TPSA) is 87.7 Å². The van der Waals surface area contributed by atoms with Crippen LogP contribution >= 0.6 is 22.7 Å². The summed E-state index contributed by atoms with van der Waals surface area (Å²) in [5, 5.41) is 4.24. The Balaban J connectivity index is 1.20. The average molecular weight is 479 g/mol. The third-order valence-corrected chi connectivity index (χ3v) is 8.14. The maximum Gasteiger partial charge on any atom is 0.259 e. The summed E-state index contributed by atoms with van der Waals surface area (Å²) in [6.45, 7) is 2.15. The minimum atomic E-state index is -0.128. The summed E-state index contributed by atoms with van der Waals surface area (Å²) in [7, 11) is 0. The number of aryl methyl sites for hydroxylation is 4. The second kappa shape index (κ2) is 9.57.